The first-order chi connectivity index (χ1) is 6.24. The molecule has 0 aliphatic carbocycles. The van der Waals surface area contributed by atoms with E-state index in [2.05, 4.69) is 18.7 Å². The van der Waals surface area contributed by atoms with E-state index in [1.54, 1.807) is 0 Å². The molecule has 3 N–H and O–H groups in total. The highest BCUT2D eigenvalue weighted by Crippen LogP contribution is 1.98. The standard InChI is InChI=1S/C10H24N2O/c1-3-5-7-12(4-2)8-6-10(13)9-11/h10,13H,3-9,11H2,1-2H3. The average molecular weight is 188 g/mol. The van der Waals surface area contributed by atoms with Gasteiger partial charge < -0.3 is 15.7 Å². The maximum atomic E-state index is 9.28. The van der Waals surface area contributed by atoms with Gasteiger partial charge in [0.2, 0.25) is 0 Å². The van der Waals surface area contributed by atoms with Gasteiger partial charge in [-0.2, -0.15) is 0 Å². The van der Waals surface area contributed by atoms with Crippen molar-refractivity contribution in [2.45, 2.75) is 39.2 Å². The van der Waals surface area contributed by atoms with Gasteiger partial charge in [0.25, 0.3) is 0 Å². The topological polar surface area (TPSA) is 49.5 Å². The molecule has 0 radical (unpaired) electrons. The molecule has 0 saturated heterocycles. The minimum absolute atomic E-state index is 0.323. The second kappa shape index (κ2) is 8.48. The quantitative estimate of drug-likeness (QED) is 0.593. The summed E-state index contributed by atoms with van der Waals surface area (Å²) in [6.07, 6.45) is 2.95. The van der Waals surface area contributed by atoms with E-state index in [1.807, 2.05) is 0 Å². The van der Waals surface area contributed by atoms with Crippen molar-refractivity contribution in [3.8, 4) is 0 Å². The Hall–Kier alpha value is -0.120. The Labute approximate surface area is 81.9 Å². The number of hydrogen-bond donors (Lipinski definition) is 2. The van der Waals surface area contributed by atoms with Crippen molar-refractivity contribution in [3.63, 3.8) is 0 Å². The van der Waals surface area contributed by atoms with E-state index in [0.29, 0.717) is 6.54 Å². The Morgan fingerprint density at radius 1 is 1.31 bits per heavy atom. The zero-order valence-electron chi connectivity index (χ0n) is 9.00. The second-order valence-electron chi connectivity index (χ2n) is 3.47. The van der Waals surface area contributed by atoms with Gasteiger partial charge in [-0.15, -0.1) is 0 Å². The van der Waals surface area contributed by atoms with Crippen LogP contribution in [0.4, 0.5) is 0 Å². The lowest BCUT2D eigenvalue weighted by molar-refractivity contribution is 0.148. The molecule has 0 amide bonds. The van der Waals surface area contributed by atoms with Crippen molar-refractivity contribution in [1.82, 2.24) is 4.90 Å². The van der Waals surface area contributed by atoms with Gasteiger partial charge in [-0.05, 0) is 25.9 Å². The van der Waals surface area contributed by atoms with Gasteiger partial charge in [0, 0.05) is 13.1 Å². The smallest absolute Gasteiger partial charge is 0.0674 e. The Bertz CT molecular complexity index is 109. The first-order valence-electron chi connectivity index (χ1n) is 5.35. The molecule has 0 rings (SSSR count). The predicted octanol–water partition coefficient (Wildman–Crippen LogP) is 0.818. The van der Waals surface area contributed by atoms with E-state index >= 15 is 0 Å². The van der Waals surface area contributed by atoms with Crippen molar-refractivity contribution in [3.05, 3.63) is 0 Å². The first-order valence-corrected chi connectivity index (χ1v) is 5.35. The zero-order valence-corrected chi connectivity index (χ0v) is 9.00. The lowest BCUT2D eigenvalue weighted by Gasteiger charge is -2.21. The van der Waals surface area contributed by atoms with Crippen LogP contribution in [-0.4, -0.2) is 42.3 Å². The van der Waals surface area contributed by atoms with Crippen molar-refractivity contribution in [2.75, 3.05) is 26.2 Å². The summed E-state index contributed by atoms with van der Waals surface area (Å²) in [7, 11) is 0. The largest absolute Gasteiger partial charge is 0.392 e. The molecule has 0 bridgehead atoms. The summed E-state index contributed by atoms with van der Waals surface area (Å²) in [4.78, 5) is 2.36. The Balaban J connectivity index is 3.46. The first kappa shape index (κ1) is 12.9. The number of unbranched alkanes of at least 4 members (excludes halogenated alkanes) is 1. The van der Waals surface area contributed by atoms with E-state index < -0.39 is 0 Å². The number of rotatable bonds is 8. The van der Waals surface area contributed by atoms with Crippen LogP contribution in [0.25, 0.3) is 0 Å². The van der Waals surface area contributed by atoms with E-state index in [4.69, 9.17) is 5.73 Å². The van der Waals surface area contributed by atoms with Crippen molar-refractivity contribution >= 4 is 0 Å². The lowest BCUT2D eigenvalue weighted by atomic mass is 10.2. The van der Waals surface area contributed by atoms with E-state index in [9.17, 15) is 5.11 Å². The molecule has 0 aliphatic rings. The predicted molar refractivity (Wildman–Crippen MR) is 56.7 cm³/mol. The van der Waals surface area contributed by atoms with Crippen LogP contribution in [0.1, 0.15) is 33.1 Å². The van der Waals surface area contributed by atoms with Crippen LogP contribution >= 0.6 is 0 Å². The van der Waals surface area contributed by atoms with Crippen LogP contribution in [0.3, 0.4) is 0 Å². The minimum Gasteiger partial charge on any atom is -0.392 e. The van der Waals surface area contributed by atoms with Crippen molar-refractivity contribution < 1.29 is 5.11 Å². The van der Waals surface area contributed by atoms with Gasteiger partial charge in [0.15, 0.2) is 0 Å². The molecule has 80 valence electrons. The molecule has 3 heteroatoms. The van der Waals surface area contributed by atoms with Gasteiger partial charge in [0.1, 0.15) is 0 Å². The van der Waals surface area contributed by atoms with Gasteiger partial charge in [0.05, 0.1) is 6.10 Å². The van der Waals surface area contributed by atoms with Crippen LogP contribution in [0.5, 0.6) is 0 Å². The second-order valence-corrected chi connectivity index (χ2v) is 3.47. The summed E-state index contributed by atoms with van der Waals surface area (Å²) >= 11 is 0. The average Bonchev–Trinajstić information content (AvgIpc) is 2.17. The van der Waals surface area contributed by atoms with Crippen molar-refractivity contribution in [1.29, 1.82) is 0 Å². The summed E-state index contributed by atoms with van der Waals surface area (Å²) in [6, 6.07) is 0. The molecule has 0 saturated carbocycles. The number of nitrogens with zero attached hydrogens (tertiary/aromatic N) is 1. The van der Waals surface area contributed by atoms with Crippen LogP contribution in [0.2, 0.25) is 0 Å². The molecule has 3 nitrogen and oxygen atoms in total. The monoisotopic (exact) mass is 188 g/mol. The molecular weight excluding hydrogens is 164 g/mol. The lowest BCUT2D eigenvalue weighted by Crippen LogP contribution is -2.30. The molecule has 13 heavy (non-hydrogen) atoms. The summed E-state index contributed by atoms with van der Waals surface area (Å²) in [6.45, 7) is 7.91. The maximum Gasteiger partial charge on any atom is 0.0674 e. The van der Waals surface area contributed by atoms with Gasteiger partial charge in [-0.25, -0.2) is 0 Å². The fourth-order valence-electron chi connectivity index (χ4n) is 1.26. The SMILES string of the molecule is CCCCN(CC)CCC(O)CN. The molecule has 0 heterocycles. The highest BCUT2D eigenvalue weighted by atomic mass is 16.3. The molecule has 0 aromatic carbocycles. The molecular formula is C10H24N2O. The molecule has 1 unspecified atom stereocenters. The van der Waals surface area contributed by atoms with Crippen molar-refractivity contribution in [2.24, 2.45) is 5.73 Å². The summed E-state index contributed by atoms with van der Waals surface area (Å²) in [5.41, 5.74) is 5.33. The molecule has 0 aromatic rings. The number of hydrogen-bond acceptors (Lipinski definition) is 3. The van der Waals surface area contributed by atoms with Crippen LogP contribution in [0.15, 0.2) is 0 Å². The summed E-state index contributed by atoms with van der Waals surface area (Å²) < 4.78 is 0. The normalized spacial score (nSPS) is 13.6. The maximum absolute atomic E-state index is 9.28. The highest BCUT2D eigenvalue weighted by Gasteiger charge is 2.05. The van der Waals surface area contributed by atoms with Gasteiger partial charge in [-0.3, -0.25) is 0 Å². The Morgan fingerprint density at radius 3 is 2.46 bits per heavy atom. The highest BCUT2D eigenvalue weighted by molar-refractivity contribution is 4.61. The molecule has 0 fully saturated rings. The fraction of sp³-hybridized carbons (Fsp3) is 1.00. The molecule has 0 spiro atoms. The van der Waals surface area contributed by atoms with E-state index in [-0.39, 0.29) is 6.10 Å². The summed E-state index contributed by atoms with van der Waals surface area (Å²) in [5, 5.41) is 9.28. The third-order valence-corrected chi connectivity index (χ3v) is 2.33. The minimum atomic E-state index is -0.323. The summed E-state index contributed by atoms with van der Waals surface area (Å²) in [5.74, 6) is 0. The molecule has 0 aromatic heterocycles. The molecule has 1 atom stereocenters. The van der Waals surface area contributed by atoms with Gasteiger partial charge in [-0.1, -0.05) is 20.3 Å². The van der Waals surface area contributed by atoms with E-state index in [0.717, 1.165) is 26.1 Å². The Morgan fingerprint density at radius 2 is 2.00 bits per heavy atom. The zero-order chi connectivity index (χ0) is 10.1. The van der Waals surface area contributed by atoms with Gasteiger partial charge >= 0.3 is 0 Å². The van der Waals surface area contributed by atoms with E-state index in [1.165, 1.54) is 12.8 Å². The fourth-order valence-corrected chi connectivity index (χ4v) is 1.26. The number of nitrogens with two attached hydrogens (primary N) is 1. The molecule has 0 aliphatic heterocycles. The Kier molecular flexibility index (Phi) is 8.40. The third kappa shape index (κ3) is 6.99. The number of aliphatic hydroxyl groups is 1. The van der Waals surface area contributed by atoms with Crippen LogP contribution in [-0.2, 0) is 0 Å². The van der Waals surface area contributed by atoms with Crippen LogP contribution < -0.4 is 5.73 Å². The third-order valence-electron chi connectivity index (χ3n) is 2.33. The van der Waals surface area contributed by atoms with Crippen LogP contribution in [0, 0.1) is 0 Å². The number of aliphatic hydroxyl groups excluding tert-OH is 1.